The quantitative estimate of drug-likeness (QED) is 0.305. The molecule has 0 bridgehead atoms. The van der Waals surface area contributed by atoms with Gasteiger partial charge in [0.1, 0.15) is 12.2 Å². The zero-order valence-corrected chi connectivity index (χ0v) is 20.8. The molecule has 1 aliphatic heterocycles. The van der Waals surface area contributed by atoms with Crippen LogP contribution in [0.15, 0.2) is 41.7 Å². The van der Waals surface area contributed by atoms with Crippen molar-refractivity contribution in [1.82, 2.24) is 30.3 Å². The van der Waals surface area contributed by atoms with Crippen LogP contribution in [-0.2, 0) is 24.2 Å². The molecule has 0 unspecified atom stereocenters. The molecule has 2 aromatic rings. The number of hydrogen-bond donors (Lipinski definition) is 2. The molecule has 1 aromatic carbocycles. The minimum absolute atomic E-state index is 0. The van der Waals surface area contributed by atoms with E-state index in [9.17, 15) is 4.79 Å². The molecule has 0 atom stereocenters. The molecular weight excluding hydrogens is 505 g/mol. The third kappa shape index (κ3) is 7.79. The highest BCUT2D eigenvalue weighted by molar-refractivity contribution is 14.0. The summed E-state index contributed by atoms with van der Waals surface area (Å²) in [5.74, 6) is 2.38. The Morgan fingerprint density at radius 2 is 1.94 bits per heavy atom. The second-order valence-electron chi connectivity index (χ2n) is 7.66. The number of aliphatic imine (C=N–C) groups is 1. The summed E-state index contributed by atoms with van der Waals surface area (Å²) >= 11 is 0. The van der Waals surface area contributed by atoms with Gasteiger partial charge in [0.2, 0.25) is 5.91 Å². The SMILES string of the molecule is CCc1nncn1CCNC(=NC)NCC(=O)N1CCC(Cc2ccccc2)CC1.I. The van der Waals surface area contributed by atoms with E-state index in [-0.39, 0.29) is 36.4 Å². The second-order valence-corrected chi connectivity index (χ2v) is 7.66. The molecule has 1 aliphatic rings. The monoisotopic (exact) mass is 539 g/mol. The molecule has 0 saturated carbocycles. The molecule has 31 heavy (non-hydrogen) atoms. The predicted molar refractivity (Wildman–Crippen MR) is 134 cm³/mol. The van der Waals surface area contributed by atoms with Crippen LogP contribution in [0.3, 0.4) is 0 Å². The Balaban J connectivity index is 0.00000341. The normalized spacial score (nSPS) is 14.8. The number of rotatable bonds is 8. The Kier molecular flexibility index (Phi) is 10.8. The molecule has 0 radical (unpaired) electrons. The third-order valence-electron chi connectivity index (χ3n) is 5.62. The number of piperidine rings is 1. The van der Waals surface area contributed by atoms with E-state index in [1.807, 2.05) is 9.47 Å². The van der Waals surface area contributed by atoms with Gasteiger partial charge in [0.25, 0.3) is 0 Å². The Morgan fingerprint density at radius 1 is 1.19 bits per heavy atom. The van der Waals surface area contributed by atoms with Gasteiger partial charge in [0, 0.05) is 39.6 Å². The van der Waals surface area contributed by atoms with Crippen molar-refractivity contribution >= 4 is 35.8 Å². The number of likely N-dealkylation sites (tertiary alicyclic amines) is 1. The summed E-state index contributed by atoms with van der Waals surface area (Å²) in [6, 6.07) is 10.6. The van der Waals surface area contributed by atoms with Crippen LogP contribution in [0.25, 0.3) is 0 Å². The Bertz CT molecular complexity index is 816. The van der Waals surface area contributed by atoms with Gasteiger partial charge in [-0.2, -0.15) is 0 Å². The lowest BCUT2D eigenvalue weighted by Crippen LogP contribution is -2.47. The number of aromatic nitrogens is 3. The van der Waals surface area contributed by atoms with Crippen molar-refractivity contribution in [3.63, 3.8) is 0 Å². The number of guanidine groups is 1. The minimum Gasteiger partial charge on any atom is -0.355 e. The zero-order valence-electron chi connectivity index (χ0n) is 18.5. The Morgan fingerprint density at radius 3 is 2.61 bits per heavy atom. The lowest BCUT2D eigenvalue weighted by atomic mass is 9.90. The van der Waals surface area contributed by atoms with Gasteiger partial charge in [0.15, 0.2) is 5.96 Å². The average molecular weight is 539 g/mol. The Hall–Kier alpha value is -2.17. The number of hydrogen-bond acceptors (Lipinski definition) is 4. The molecule has 8 nitrogen and oxygen atoms in total. The van der Waals surface area contributed by atoms with Crippen LogP contribution in [0.1, 0.15) is 31.2 Å². The Labute approximate surface area is 201 Å². The highest BCUT2D eigenvalue weighted by Crippen LogP contribution is 2.21. The smallest absolute Gasteiger partial charge is 0.241 e. The van der Waals surface area contributed by atoms with E-state index in [1.54, 1.807) is 13.4 Å². The molecule has 1 aromatic heterocycles. The largest absolute Gasteiger partial charge is 0.355 e. The summed E-state index contributed by atoms with van der Waals surface area (Å²) in [6.45, 7) is 5.42. The van der Waals surface area contributed by atoms with Crippen LogP contribution in [0, 0.1) is 5.92 Å². The van der Waals surface area contributed by atoms with Crippen LogP contribution in [-0.4, -0.2) is 64.8 Å². The topological polar surface area (TPSA) is 87.4 Å². The molecule has 0 spiro atoms. The molecular formula is C22H34IN7O. The predicted octanol–water partition coefficient (Wildman–Crippen LogP) is 2.10. The lowest BCUT2D eigenvalue weighted by molar-refractivity contribution is -0.131. The zero-order chi connectivity index (χ0) is 21.2. The number of nitrogens with one attached hydrogen (secondary N) is 2. The highest BCUT2D eigenvalue weighted by Gasteiger charge is 2.22. The highest BCUT2D eigenvalue weighted by atomic mass is 127. The summed E-state index contributed by atoms with van der Waals surface area (Å²) in [5, 5.41) is 14.4. The molecule has 1 amide bonds. The lowest BCUT2D eigenvalue weighted by Gasteiger charge is -2.32. The molecule has 2 heterocycles. The molecule has 3 rings (SSSR count). The van der Waals surface area contributed by atoms with Gasteiger partial charge < -0.3 is 20.1 Å². The third-order valence-corrected chi connectivity index (χ3v) is 5.62. The van der Waals surface area contributed by atoms with Gasteiger partial charge in [-0.1, -0.05) is 37.3 Å². The maximum atomic E-state index is 12.6. The fourth-order valence-electron chi connectivity index (χ4n) is 3.86. The van der Waals surface area contributed by atoms with Crippen molar-refractivity contribution in [3.8, 4) is 0 Å². The molecule has 0 aliphatic carbocycles. The first kappa shape index (κ1) is 25.1. The van der Waals surface area contributed by atoms with E-state index < -0.39 is 0 Å². The van der Waals surface area contributed by atoms with Crippen molar-refractivity contribution < 1.29 is 4.79 Å². The molecule has 1 saturated heterocycles. The number of carbonyl (C=O) groups is 1. The fraction of sp³-hybridized carbons (Fsp3) is 0.545. The van der Waals surface area contributed by atoms with Gasteiger partial charge in [-0.25, -0.2) is 0 Å². The molecule has 1 fully saturated rings. The average Bonchev–Trinajstić information content (AvgIpc) is 3.24. The van der Waals surface area contributed by atoms with Crippen LogP contribution in [0.4, 0.5) is 0 Å². The van der Waals surface area contributed by atoms with Crippen molar-refractivity contribution in [3.05, 3.63) is 48.0 Å². The first-order valence-electron chi connectivity index (χ1n) is 10.8. The summed E-state index contributed by atoms with van der Waals surface area (Å²) in [5.41, 5.74) is 1.39. The summed E-state index contributed by atoms with van der Waals surface area (Å²) in [4.78, 5) is 18.8. The van der Waals surface area contributed by atoms with E-state index in [1.165, 1.54) is 5.56 Å². The molecule has 9 heteroatoms. The number of benzene rings is 1. The summed E-state index contributed by atoms with van der Waals surface area (Å²) in [7, 11) is 1.71. The van der Waals surface area contributed by atoms with Crippen molar-refractivity contribution in [1.29, 1.82) is 0 Å². The van der Waals surface area contributed by atoms with Crippen LogP contribution in [0.2, 0.25) is 0 Å². The molecule has 170 valence electrons. The molecule has 2 N–H and O–H groups in total. The second kappa shape index (κ2) is 13.3. The summed E-state index contributed by atoms with van der Waals surface area (Å²) in [6.07, 6.45) is 5.81. The van der Waals surface area contributed by atoms with E-state index in [0.717, 1.165) is 51.1 Å². The van der Waals surface area contributed by atoms with Gasteiger partial charge in [-0.3, -0.25) is 9.79 Å². The van der Waals surface area contributed by atoms with Gasteiger partial charge in [0.05, 0.1) is 6.54 Å². The van der Waals surface area contributed by atoms with Gasteiger partial charge in [-0.15, -0.1) is 34.2 Å². The first-order chi connectivity index (χ1) is 14.7. The van der Waals surface area contributed by atoms with Gasteiger partial charge >= 0.3 is 0 Å². The van der Waals surface area contributed by atoms with E-state index >= 15 is 0 Å². The number of carbonyl (C=O) groups excluding carboxylic acids is 1. The first-order valence-corrected chi connectivity index (χ1v) is 10.8. The number of aryl methyl sites for hydroxylation is 1. The van der Waals surface area contributed by atoms with Crippen molar-refractivity contribution in [2.75, 3.05) is 33.2 Å². The van der Waals surface area contributed by atoms with Crippen molar-refractivity contribution in [2.24, 2.45) is 10.9 Å². The number of amides is 1. The number of halogens is 1. The van der Waals surface area contributed by atoms with E-state index in [4.69, 9.17) is 0 Å². The number of nitrogens with zero attached hydrogens (tertiary/aromatic N) is 5. The van der Waals surface area contributed by atoms with Gasteiger partial charge in [-0.05, 0) is 30.7 Å². The van der Waals surface area contributed by atoms with Crippen molar-refractivity contribution in [2.45, 2.75) is 39.2 Å². The maximum Gasteiger partial charge on any atom is 0.241 e. The van der Waals surface area contributed by atoms with Crippen LogP contribution in [0.5, 0.6) is 0 Å². The maximum absolute atomic E-state index is 12.6. The fourth-order valence-corrected chi connectivity index (χ4v) is 3.86. The minimum atomic E-state index is 0. The standard InChI is InChI=1S/C22H33N7O.HI/c1-3-20-27-26-17-29(20)14-11-24-22(23-2)25-16-21(30)28-12-9-19(10-13-28)15-18-7-5-4-6-8-18;/h4-8,17,19H,3,9-16H2,1-2H3,(H2,23,24,25);1H. The summed E-state index contributed by atoms with van der Waals surface area (Å²) < 4.78 is 2.02. The van der Waals surface area contributed by atoms with E-state index in [0.29, 0.717) is 18.4 Å². The van der Waals surface area contributed by atoms with Crippen LogP contribution >= 0.6 is 24.0 Å². The van der Waals surface area contributed by atoms with E-state index in [2.05, 4.69) is 63.1 Å². The van der Waals surface area contributed by atoms with Crippen LogP contribution < -0.4 is 10.6 Å².